The fraction of sp³-hybridized carbons (Fsp3) is 0.208. The van der Waals surface area contributed by atoms with E-state index in [4.69, 9.17) is 4.74 Å². The van der Waals surface area contributed by atoms with Crippen LogP contribution in [0, 0.1) is 0 Å². The van der Waals surface area contributed by atoms with Crippen molar-refractivity contribution in [3.05, 3.63) is 90.0 Å². The number of methoxy groups -OCH3 is 1. The zero-order valence-electron chi connectivity index (χ0n) is 17.2. The van der Waals surface area contributed by atoms with E-state index in [1.807, 2.05) is 42.5 Å². The first-order valence-corrected chi connectivity index (χ1v) is 11.6. The number of carbonyl (C=O) groups is 1. The topological polar surface area (TPSA) is 75.7 Å². The standard InChI is InChI=1S/C24H24N2O4S/c1-30-21-13-9-19(10-14-21)24(18-6-3-2-4-7-18)25-31(28,29)22-15-11-20(12-16-22)26-17-5-8-23(26)27/h2-4,6-7,9-16,24-25H,5,8,17H2,1H3. The summed E-state index contributed by atoms with van der Waals surface area (Å²) >= 11 is 0. The quantitative estimate of drug-likeness (QED) is 0.610. The van der Waals surface area contributed by atoms with Crippen molar-refractivity contribution in [2.45, 2.75) is 23.8 Å². The van der Waals surface area contributed by atoms with Crippen LogP contribution in [0.2, 0.25) is 0 Å². The molecule has 1 atom stereocenters. The van der Waals surface area contributed by atoms with Crippen LogP contribution in [0.25, 0.3) is 0 Å². The van der Waals surface area contributed by atoms with Crippen LogP contribution < -0.4 is 14.4 Å². The summed E-state index contributed by atoms with van der Waals surface area (Å²) in [4.78, 5) is 13.8. The van der Waals surface area contributed by atoms with Crippen molar-refractivity contribution in [3.63, 3.8) is 0 Å². The highest BCUT2D eigenvalue weighted by Crippen LogP contribution is 2.28. The summed E-state index contributed by atoms with van der Waals surface area (Å²) in [7, 11) is -2.22. The minimum absolute atomic E-state index is 0.0670. The molecule has 0 spiro atoms. The van der Waals surface area contributed by atoms with Gasteiger partial charge in [0.2, 0.25) is 15.9 Å². The average molecular weight is 437 g/mol. The molecule has 1 saturated heterocycles. The lowest BCUT2D eigenvalue weighted by atomic mass is 10.00. The van der Waals surface area contributed by atoms with Gasteiger partial charge < -0.3 is 9.64 Å². The molecule has 1 fully saturated rings. The molecule has 1 unspecified atom stereocenters. The molecule has 1 heterocycles. The van der Waals surface area contributed by atoms with E-state index in [0.29, 0.717) is 18.7 Å². The second-order valence-electron chi connectivity index (χ2n) is 7.38. The largest absolute Gasteiger partial charge is 0.497 e. The van der Waals surface area contributed by atoms with Crippen molar-refractivity contribution in [2.24, 2.45) is 0 Å². The van der Waals surface area contributed by atoms with Crippen LogP contribution in [0.5, 0.6) is 5.75 Å². The molecule has 160 valence electrons. The molecule has 1 N–H and O–H groups in total. The third kappa shape index (κ3) is 4.62. The monoisotopic (exact) mass is 436 g/mol. The average Bonchev–Trinajstić information content (AvgIpc) is 3.24. The minimum atomic E-state index is -3.81. The van der Waals surface area contributed by atoms with Crippen LogP contribution in [0.1, 0.15) is 30.0 Å². The molecule has 1 aliphatic rings. The van der Waals surface area contributed by atoms with E-state index >= 15 is 0 Å². The number of carbonyl (C=O) groups excluding carboxylic acids is 1. The Hall–Kier alpha value is -3.16. The van der Waals surface area contributed by atoms with Crippen LogP contribution >= 0.6 is 0 Å². The van der Waals surface area contributed by atoms with Crippen LogP contribution in [-0.2, 0) is 14.8 Å². The zero-order chi connectivity index (χ0) is 21.8. The number of benzene rings is 3. The molecule has 6 nitrogen and oxygen atoms in total. The lowest BCUT2D eigenvalue weighted by Gasteiger charge is -2.21. The van der Waals surface area contributed by atoms with Gasteiger partial charge in [-0.3, -0.25) is 4.79 Å². The van der Waals surface area contributed by atoms with Crippen LogP contribution in [-0.4, -0.2) is 28.0 Å². The molecule has 1 aliphatic heterocycles. The predicted molar refractivity (Wildman–Crippen MR) is 120 cm³/mol. The van der Waals surface area contributed by atoms with Gasteiger partial charge in [0.1, 0.15) is 5.75 Å². The molecule has 0 saturated carbocycles. The SMILES string of the molecule is COc1ccc(C(NS(=O)(=O)c2ccc(N3CCCC3=O)cc2)c2ccccc2)cc1. The van der Waals surface area contributed by atoms with Crippen molar-refractivity contribution in [1.29, 1.82) is 0 Å². The zero-order valence-corrected chi connectivity index (χ0v) is 18.0. The van der Waals surface area contributed by atoms with E-state index in [9.17, 15) is 13.2 Å². The van der Waals surface area contributed by atoms with Gasteiger partial charge in [-0.05, 0) is 53.9 Å². The van der Waals surface area contributed by atoms with Gasteiger partial charge in [0.15, 0.2) is 0 Å². The third-order valence-corrected chi connectivity index (χ3v) is 6.83. The summed E-state index contributed by atoms with van der Waals surface area (Å²) in [6, 6.07) is 22.6. The van der Waals surface area contributed by atoms with Crippen molar-refractivity contribution < 1.29 is 17.9 Å². The highest BCUT2D eigenvalue weighted by Gasteiger charge is 2.25. The maximum absolute atomic E-state index is 13.2. The number of nitrogens with one attached hydrogen (secondary N) is 1. The Morgan fingerprint density at radius 3 is 2.13 bits per heavy atom. The number of anilines is 1. The van der Waals surface area contributed by atoms with E-state index in [0.717, 1.165) is 23.2 Å². The molecular weight excluding hydrogens is 412 g/mol. The highest BCUT2D eigenvalue weighted by molar-refractivity contribution is 7.89. The Morgan fingerprint density at radius 1 is 0.903 bits per heavy atom. The Morgan fingerprint density at radius 2 is 1.55 bits per heavy atom. The van der Waals surface area contributed by atoms with Gasteiger partial charge in [-0.2, -0.15) is 4.72 Å². The Bertz CT molecular complexity index is 1140. The molecule has 4 rings (SSSR count). The first-order valence-electron chi connectivity index (χ1n) is 10.1. The van der Waals surface area contributed by atoms with Gasteiger partial charge in [-0.15, -0.1) is 0 Å². The van der Waals surface area contributed by atoms with Crippen LogP contribution in [0.3, 0.4) is 0 Å². The lowest BCUT2D eigenvalue weighted by molar-refractivity contribution is -0.117. The fourth-order valence-corrected chi connectivity index (χ4v) is 4.93. The third-order valence-electron chi connectivity index (χ3n) is 5.39. The normalized spacial score (nSPS) is 15.1. The molecular formula is C24H24N2O4S. The number of ether oxygens (including phenoxy) is 1. The van der Waals surface area contributed by atoms with Gasteiger partial charge in [0, 0.05) is 18.7 Å². The first kappa shape index (κ1) is 21.1. The number of hydrogen-bond acceptors (Lipinski definition) is 4. The van der Waals surface area contributed by atoms with Crippen molar-refractivity contribution in [1.82, 2.24) is 4.72 Å². The first-order chi connectivity index (χ1) is 15.0. The Kier molecular flexibility index (Phi) is 6.06. The predicted octanol–water partition coefficient (Wildman–Crippen LogP) is 3.89. The van der Waals surface area contributed by atoms with E-state index < -0.39 is 16.1 Å². The number of hydrogen-bond donors (Lipinski definition) is 1. The summed E-state index contributed by atoms with van der Waals surface area (Å²) in [5.41, 5.74) is 2.35. The van der Waals surface area contributed by atoms with Gasteiger partial charge in [0.25, 0.3) is 0 Å². The summed E-state index contributed by atoms with van der Waals surface area (Å²) < 4.78 is 34.4. The number of rotatable bonds is 7. The molecule has 31 heavy (non-hydrogen) atoms. The number of amides is 1. The Balaban J connectivity index is 1.63. The fourth-order valence-electron chi connectivity index (χ4n) is 3.72. The molecule has 1 amide bonds. The van der Waals surface area contributed by atoms with Crippen molar-refractivity contribution in [3.8, 4) is 5.75 Å². The summed E-state index contributed by atoms with van der Waals surface area (Å²) in [5.74, 6) is 0.767. The van der Waals surface area contributed by atoms with Crippen LogP contribution in [0.4, 0.5) is 5.69 Å². The molecule has 3 aromatic rings. The Labute approximate surface area is 182 Å². The highest BCUT2D eigenvalue weighted by atomic mass is 32.2. The summed E-state index contributed by atoms with van der Waals surface area (Å²) in [5, 5.41) is 0. The van der Waals surface area contributed by atoms with E-state index in [-0.39, 0.29) is 10.8 Å². The van der Waals surface area contributed by atoms with Crippen molar-refractivity contribution in [2.75, 3.05) is 18.6 Å². The molecule has 0 aromatic heterocycles. The molecule has 0 radical (unpaired) electrons. The van der Waals surface area contributed by atoms with Gasteiger partial charge in [-0.25, -0.2) is 8.42 Å². The molecule has 0 bridgehead atoms. The van der Waals surface area contributed by atoms with E-state index in [1.165, 1.54) is 0 Å². The van der Waals surface area contributed by atoms with Crippen molar-refractivity contribution >= 4 is 21.6 Å². The van der Waals surface area contributed by atoms with E-state index in [2.05, 4.69) is 4.72 Å². The minimum Gasteiger partial charge on any atom is -0.497 e. The van der Waals surface area contributed by atoms with Crippen LogP contribution in [0.15, 0.2) is 83.8 Å². The van der Waals surface area contributed by atoms with E-state index in [1.54, 1.807) is 48.4 Å². The molecule has 0 aliphatic carbocycles. The molecule has 3 aromatic carbocycles. The number of nitrogens with zero attached hydrogens (tertiary/aromatic N) is 1. The van der Waals surface area contributed by atoms with Gasteiger partial charge >= 0.3 is 0 Å². The summed E-state index contributed by atoms with van der Waals surface area (Å²) in [6.45, 7) is 0.663. The lowest BCUT2D eigenvalue weighted by Crippen LogP contribution is -2.29. The maximum atomic E-state index is 13.2. The second-order valence-corrected chi connectivity index (χ2v) is 9.09. The summed E-state index contributed by atoms with van der Waals surface area (Å²) in [6.07, 6.45) is 1.35. The van der Waals surface area contributed by atoms with Gasteiger partial charge in [-0.1, -0.05) is 42.5 Å². The smallest absolute Gasteiger partial charge is 0.241 e. The second kappa shape index (κ2) is 8.91. The maximum Gasteiger partial charge on any atom is 0.241 e. The molecule has 7 heteroatoms. The van der Waals surface area contributed by atoms with Gasteiger partial charge in [0.05, 0.1) is 18.0 Å². The number of sulfonamides is 1.